The minimum absolute atomic E-state index is 0.0636. The third-order valence-corrected chi connectivity index (χ3v) is 3.92. The van der Waals surface area contributed by atoms with Crippen molar-refractivity contribution in [3.63, 3.8) is 0 Å². The van der Waals surface area contributed by atoms with Crippen LogP contribution in [0.2, 0.25) is 0 Å². The van der Waals surface area contributed by atoms with E-state index >= 15 is 0 Å². The van der Waals surface area contributed by atoms with Crippen LogP contribution in [0.25, 0.3) is 10.8 Å². The Morgan fingerprint density at radius 2 is 1.78 bits per heavy atom. The summed E-state index contributed by atoms with van der Waals surface area (Å²) in [5, 5.41) is 5.84. The van der Waals surface area contributed by atoms with E-state index in [0.29, 0.717) is 5.39 Å². The lowest BCUT2D eigenvalue weighted by Crippen LogP contribution is -2.26. The van der Waals surface area contributed by atoms with Crippen molar-refractivity contribution in [2.45, 2.75) is 13.0 Å². The van der Waals surface area contributed by atoms with Crippen LogP contribution in [-0.4, -0.2) is 15.9 Å². The van der Waals surface area contributed by atoms with E-state index in [1.54, 1.807) is 6.20 Å². The van der Waals surface area contributed by atoms with Crippen molar-refractivity contribution in [3.05, 3.63) is 75.1 Å². The van der Waals surface area contributed by atoms with E-state index < -0.39 is 0 Å². The molecule has 3 aromatic rings. The number of aromatic nitrogens is 2. The first kappa shape index (κ1) is 16.8. The predicted molar refractivity (Wildman–Crippen MR) is 89.0 cm³/mol. The van der Waals surface area contributed by atoms with Crippen LogP contribution in [0.15, 0.2) is 64.0 Å². The van der Waals surface area contributed by atoms with Crippen LogP contribution in [0.5, 0.6) is 0 Å². The molecule has 0 aliphatic rings. The Bertz CT molecular complexity index is 901. The molecule has 0 bridgehead atoms. The normalized spacial score (nSPS) is 11.2. The van der Waals surface area contributed by atoms with Gasteiger partial charge in [0.05, 0.1) is 17.6 Å². The van der Waals surface area contributed by atoms with Crippen molar-refractivity contribution in [2.75, 3.05) is 0 Å². The van der Waals surface area contributed by atoms with Crippen LogP contribution < -0.4 is 5.56 Å². The smallest absolute Gasteiger partial charge is 0.267 e. The Hall–Kier alpha value is -2.56. The Labute approximate surface area is 140 Å². The number of rotatable bonds is 2. The second kappa shape index (κ2) is 7.63. The lowest BCUT2D eigenvalue weighted by atomic mass is 10.1. The summed E-state index contributed by atoms with van der Waals surface area (Å²) in [6.07, 6.45) is 1.99. The second-order valence-electron chi connectivity index (χ2n) is 4.80. The summed E-state index contributed by atoms with van der Waals surface area (Å²) in [4.78, 5) is 28.8. The summed E-state index contributed by atoms with van der Waals surface area (Å²) in [5.41, 5.74) is 1.00. The highest BCUT2D eigenvalue weighted by atomic mass is 79.9. The maximum atomic E-state index is 12.5. The number of carbonyl (C=O) groups excluding carboxylic acids is 2. The highest BCUT2D eigenvalue weighted by Crippen LogP contribution is 2.19. The van der Waals surface area contributed by atoms with Gasteiger partial charge < -0.3 is 0 Å². The second-order valence-corrected chi connectivity index (χ2v) is 5.71. The van der Waals surface area contributed by atoms with Gasteiger partial charge in [-0.2, -0.15) is 14.7 Å². The monoisotopic (exact) mass is 372 g/mol. The van der Waals surface area contributed by atoms with Gasteiger partial charge in [0.25, 0.3) is 5.56 Å². The molecule has 23 heavy (non-hydrogen) atoms. The van der Waals surface area contributed by atoms with E-state index in [0.717, 1.165) is 15.4 Å². The molecule has 1 unspecified atom stereocenters. The average Bonchev–Trinajstić information content (AvgIpc) is 2.56. The van der Waals surface area contributed by atoms with Gasteiger partial charge in [0.15, 0.2) is 0 Å². The Morgan fingerprint density at radius 3 is 2.43 bits per heavy atom. The molecular weight excluding hydrogens is 360 g/mol. The zero-order chi connectivity index (χ0) is 16.8. The SMILES string of the molecule is CC(c1ccccc1)n1ncc2cc(Br)ccc2c1=O.O=C=O. The highest BCUT2D eigenvalue weighted by Gasteiger charge is 2.12. The first-order valence-corrected chi connectivity index (χ1v) is 7.59. The van der Waals surface area contributed by atoms with E-state index in [2.05, 4.69) is 21.0 Å². The topological polar surface area (TPSA) is 69.0 Å². The molecule has 0 amide bonds. The van der Waals surface area contributed by atoms with Crippen LogP contribution in [0.3, 0.4) is 0 Å². The third kappa shape index (κ3) is 3.80. The summed E-state index contributed by atoms with van der Waals surface area (Å²) in [5.74, 6) is 0. The molecule has 0 saturated heterocycles. The Balaban J connectivity index is 0.000000595. The van der Waals surface area contributed by atoms with Crippen molar-refractivity contribution in [2.24, 2.45) is 0 Å². The van der Waals surface area contributed by atoms with E-state index in [1.165, 1.54) is 4.68 Å². The third-order valence-electron chi connectivity index (χ3n) is 3.42. The number of fused-ring (bicyclic) bond motifs is 1. The Morgan fingerprint density at radius 1 is 1.13 bits per heavy atom. The quantitative estimate of drug-likeness (QED) is 0.692. The minimum atomic E-state index is -0.0863. The van der Waals surface area contributed by atoms with Gasteiger partial charge in [-0.25, -0.2) is 4.68 Å². The van der Waals surface area contributed by atoms with Crippen molar-refractivity contribution in [3.8, 4) is 0 Å². The molecule has 2 aromatic carbocycles. The first-order valence-electron chi connectivity index (χ1n) is 6.79. The van der Waals surface area contributed by atoms with Crippen LogP contribution in [0.4, 0.5) is 0 Å². The lowest BCUT2D eigenvalue weighted by Gasteiger charge is -2.14. The molecule has 0 radical (unpaired) electrons. The van der Waals surface area contributed by atoms with E-state index in [4.69, 9.17) is 9.59 Å². The highest BCUT2D eigenvalue weighted by molar-refractivity contribution is 9.10. The maximum absolute atomic E-state index is 12.5. The zero-order valence-electron chi connectivity index (χ0n) is 12.3. The molecule has 0 saturated carbocycles. The van der Waals surface area contributed by atoms with Crippen LogP contribution >= 0.6 is 15.9 Å². The van der Waals surface area contributed by atoms with E-state index in [1.807, 2.05) is 55.5 Å². The van der Waals surface area contributed by atoms with Gasteiger partial charge in [-0.15, -0.1) is 0 Å². The molecule has 0 aliphatic carbocycles. The number of benzene rings is 2. The van der Waals surface area contributed by atoms with Gasteiger partial charge in [0.1, 0.15) is 0 Å². The number of nitrogens with zero attached hydrogens (tertiary/aromatic N) is 2. The molecule has 1 heterocycles. The first-order chi connectivity index (χ1) is 11.1. The molecule has 0 N–H and O–H groups in total. The average molecular weight is 373 g/mol. The maximum Gasteiger partial charge on any atom is 0.373 e. The summed E-state index contributed by atoms with van der Waals surface area (Å²) < 4.78 is 2.48. The fraction of sp³-hybridized carbons (Fsp3) is 0.118. The summed E-state index contributed by atoms with van der Waals surface area (Å²) in [7, 11) is 0. The molecule has 0 fully saturated rings. The molecule has 3 rings (SSSR count). The van der Waals surface area contributed by atoms with Crippen molar-refractivity contribution < 1.29 is 9.59 Å². The van der Waals surface area contributed by atoms with E-state index in [9.17, 15) is 4.79 Å². The van der Waals surface area contributed by atoms with Gasteiger partial charge in [-0.1, -0.05) is 46.3 Å². The summed E-state index contributed by atoms with van der Waals surface area (Å²) in [6.45, 7) is 1.98. The van der Waals surface area contributed by atoms with Crippen molar-refractivity contribution in [1.29, 1.82) is 0 Å². The number of hydrogen-bond donors (Lipinski definition) is 0. The van der Waals surface area contributed by atoms with Gasteiger partial charge >= 0.3 is 6.15 Å². The van der Waals surface area contributed by atoms with Crippen LogP contribution in [0, 0.1) is 0 Å². The summed E-state index contributed by atoms with van der Waals surface area (Å²) in [6, 6.07) is 15.4. The molecule has 1 atom stereocenters. The molecule has 5 nitrogen and oxygen atoms in total. The molecule has 0 spiro atoms. The standard InChI is InChI=1S/C16H13BrN2O.CO2/c1-11(12-5-3-2-4-6-12)19-16(20)15-8-7-14(17)9-13(15)10-18-19;2-1-3/h2-11H,1H3;. The van der Waals surface area contributed by atoms with Gasteiger partial charge in [0, 0.05) is 9.86 Å². The zero-order valence-corrected chi connectivity index (χ0v) is 13.9. The molecule has 6 heteroatoms. The van der Waals surface area contributed by atoms with Crippen molar-refractivity contribution >= 4 is 32.9 Å². The molecule has 1 aromatic heterocycles. The predicted octanol–water partition coefficient (Wildman–Crippen LogP) is 3.18. The number of halogens is 1. The molecule has 116 valence electrons. The number of hydrogen-bond acceptors (Lipinski definition) is 4. The summed E-state index contributed by atoms with van der Waals surface area (Å²) >= 11 is 3.40. The fourth-order valence-electron chi connectivity index (χ4n) is 2.28. The fourth-order valence-corrected chi connectivity index (χ4v) is 2.66. The van der Waals surface area contributed by atoms with Gasteiger partial charge in [-0.3, -0.25) is 4.79 Å². The van der Waals surface area contributed by atoms with Gasteiger partial charge in [-0.05, 0) is 30.7 Å². The van der Waals surface area contributed by atoms with Gasteiger partial charge in [0.2, 0.25) is 0 Å². The largest absolute Gasteiger partial charge is 0.373 e. The lowest BCUT2D eigenvalue weighted by molar-refractivity contribution is -0.191. The van der Waals surface area contributed by atoms with Crippen LogP contribution in [-0.2, 0) is 9.59 Å². The molecular formula is C17H13BrN2O3. The Kier molecular flexibility index (Phi) is 5.57. The molecule has 0 aliphatic heterocycles. The van der Waals surface area contributed by atoms with Crippen LogP contribution in [0.1, 0.15) is 18.5 Å². The van der Waals surface area contributed by atoms with Crippen molar-refractivity contribution in [1.82, 2.24) is 9.78 Å². The van der Waals surface area contributed by atoms with E-state index in [-0.39, 0.29) is 17.8 Å². The minimum Gasteiger partial charge on any atom is -0.267 e.